The number of carbonyl (C=O) groups excluding carboxylic acids is 1. The van der Waals surface area contributed by atoms with Crippen LogP contribution in [-0.2, 0) is 4.79 Å². The van der Waals surface area contributed by atoms with Gasteiger partial charge in [0, 0.05) is 17.3 Å². The summed E-state index contributed by atoms with van der Waals surface area (Å²) in [7, 11) is 0. The molecule has 1 aromatic heterocycles. The first-order valence-corrected chi connectivity index (χ1v) is 9.09. The number of rotatable bonds is 6. The van der Waals surface area contributed by atoms with Crippen molar-refractivity contribution in [3.05, 3.63) is 96.3 Å². The Bertz CT molecular complexity index is 794. The van der Waals surface area contributed by atoms with Gasteiger partial charge in [0.15, 0.2) is 0 Å². The Labute approximate surface area is 152 Å². The van der Waals surface area contributed by atoms with Crippen molar-refractivity contribution in [1.82, 2.24) is 10.3 Å². The first kappa shape index (κ1) is 17.2. The summed E-state index contributed by atoms with van der Waals surface area (Å²) in [6, 6.07) is 23.7. The van der Waals surface area contributed by atoms with Gasteiger partial charge in [-0.2, -0.15) is 0 Å². The summed E-state index contributed by atoms with van der Waals surface area (Å²) in [4.78, 5) is 18.1. The van der Waals surface area contributed by atoms with E-state index < -0.39 is 0 Å². The Morgan fingerprint density at radius 1 is 0.880 bits per heavy atom. The molecule has 1 heterocycles. The van der Waals surface area contributed by atoms with Crippen molar-refractivity contribution in [2.75, 3.05) is 0 Å². The zero-order chi connectivity index (χ0) is 17.5. The molecular formula is C21H20N2OS. The van der Waals surface area contributed by atoms with Crippen LogP contribution < -0.4 is 5.32 Å². The molecule has 4 heteroatoms. The average Bonchev–Trinajstić information content (AvgIpc) is 2.68. The lowest BCUT2D eigenvalue weighted by Crippen LogP contribution is -2.30. The standard InChI is InChI=1S/C21H20N2OS/c1-16(17-12-14-22-15-13-17)23-21(24)20(18-8-4-2-5-9-18)25-19-10-6-3-7-11-19/h2-16,20H,1H3,(H,23,24)/t16-,20-/m0/s1. The average molecular weight is 348 g/mol. The number of nitrogens with zero attached hydrogens (tertiary/aromatic N) is 1. The van der Waals surface area contributed by atoms with E-state index in [-0.39, 0.29) is 17.2 Å². The van der Waals surface area contributed by atoms with Crippen LogP contribution in [0.3, 0.4) is 0 Å². The molecule has 1 amide bonds. The molecule has 0 bridgehead atoms. The van der Waals surface area contributed by atoms with Gasteiger partial charge < -0.3 is 5.32 Å². The third-order valence-electron chi connectivity index (χ3n) is 3.90. The molecule has 0 spiro atoms. The van der Waals surface area contributed by atoms with Crippen LogP contribution in [0.25, 0.3) is 0 Å². The lowest BCUT2D eigenvalue weighted by Gasteiger charge is -2.20. The number of aromatic nitrogens is 1. The van der Waals surface area contributed by atoms with Gasteiger partial charge in [-0.1, -0.05) is 48.5 Å². The third-order valence-corrected chi connectivity index (χ3v) is 5.17. The molecular weight excluding hydrogens is 328 g/mol. The largest absolute Gasteiger partial charge is 0.348 e. The summed E-state index contributed by atoms with van der Waals surface area (Å²) < 4.78 is 0. The van der Waals surface area contributed by atoms with Gasteiger partial charge >= 0.3 is 0 Å². The monoisotopic (exact) mass is 348 g/mol. The lowest BCUT2D eigenvalue weighted by atomic mass is 10.1. The normalized spacial score (nSPS) is 13.0. The predicted molar refractivity (Wildman–Crippen MR) is 102 cm³/mol. The summed E-state index contributed by atoms with van der Waals surface area (Å²) in [6.45, 7) is 1.99. The molecule has 0 aliphatic carbocycles. The molecule has 1 N–H and O–H groups in total. The number of pyridine rings is 1. The van der Waals surface area contributed by atoms with E-state index in [1.165, 1.54) is 0 Å². The molecule has 0 saturated heterocycles. The summed E-state index contributed by atoms with van der Waals surface area (Å²) >= 11 is 1.56. The Morgan fingerprint density at radius 3 is 2.12 bits per heavy atom. The van der Waals surface area contributed by atoms with Crippen molar-refractivity contribution in [2.45, 2.75) is 23.1 Å². The minimum atomic E-state index is -0.298. The highest BCUT2D eigenvalue weighted by Gasteiger charge is 2.23. The fourth-order valence-electron chi connectivity index (χ4n) is 2.56. The van der Waals surface area contributed by atoms with E-state index in [2.05, 4.69) is 10.3 Å². The zero-order valence-corrected chi connectivity index (χ0v) is 14.8. The molecule has 0 unspecified atom stereocenters. The van der Waals surface area contributed by atoms with Gasteiger partial charge in [0.2, 0.25) is 5.91 Å². The topological polar surface area (TPSA) is 42.0 Å². The van der Waals surface area contributed by atoms with E-state index in [1.54, 1.807) is 24.2 Å². The van der Waals surface area contributed by atoms with Crippen LogP contribution in [0.5, 0.6) is 0 Å². The van der Waals surface area contributed by atoms with Crippen LogP contribution >= 0.6 is 11.8 Å². The van der Waals surface area contributed by atoms with Crippen molar-refractivity contribution in [3.63, 3.8) is 0 Å². The Kier molecular flexibility index (Phi) is 5.86. The van der Waals surface area contributed by atoms with Crippen molar-refractivity contribution in [1.29, 1.82) is 0 Å². The number of thioether (sulfide) groups is 1. The fourth-order valence-corrected chi connectivity index (χ4v) is 3.62. The van der Waals surface area contributed by atoms with Crippen molar-refractivity contribution >= 4 is 17.7 Å². The number of benzene rings is 2. The van der Waals surface area contributed by atoms with Crippen LogP contribution in [0.4, 0.5) is 0 Å². The van der Waals surface area contributed by atoms with Crippen LogP contribution in [0.1, 0.15) is 29.3 Å². The predicted octanol–water partition coefficient (Wildman–Crippen LogP) is 4.79. The molecule has 0 aliphatic heterocycles. The molecule has 0 aliphatic rings. The van der Waals surface area contributed by atoms with Crippen molar-refractivity contribution < 1.29 is 4.79 Å². The molecule has 0 radical (unpaired) electrons. The van der Waals surface area contributed by atoms with Gasteiger partial charge in [0.1, 0.15) is 5.25 Å². The molecule has 0 fully saturated rings. The quantitative estimate of drug-likeness (QED) is 0.651. The van der Waals surface area contributed by atoms with E-state index >= 15 is 0 Å². The van der Waals surface area contributed by atoms with E-state index in [9.17, 15) is 4.79 Å². The first-order chi connectivity index (χ1) is 12.2. The lowest BCUT2D eigenvalue weighted by molar-refractivity contribution is -0.121. The molecule has 25 heavy (non-hydrogen) atoms. The number of hydrogen-bond donors (Lipinski definition) is 1. The first-order valence-electron chi connectivity index (χ1n) is 8.21. The smallest absolute Gasteiger partial charge is 0.238 e. The molecule has 3 rings (SSSR count). The summed E-state index contributed by atoms with van der Waals surface area (Å²) in [6.07, 6.45) is 3.48. The van der Waals surface area contributed by atoms with Crippen LogP contribution in [0.15, 0.2) is 90.1 Å². The second-order valence-corrected chi connectivity index (χ2v) is 6.91. The van der Waals surface area contributed by atoms with E-state index in [0.717, 1.165) is 16.0 Å². The highest BCUT2D eigenvalue weighted by atomic mass is 32.2. The number of carbonyl (C=O) groups is 1. The third kappa shape index (κ3) is 4.70. The molecule has 0 saturated carbocycles. The maximum atomic E-state index is 13.0. The molecule has 2 aromatic carbocycles. The Morgan fingerprint density at radius 2 is 1.48 bits per heavy atom. The summed E-state index contributed by atoms with van der Waals surface area (Å²) in [5, 5.41) is 2.83. The van der Waals surface area contributed by atoms with E-state index in [1.807, 2.05) is 79.7 Å². The minimum Gasteiger partial charge on any atom is -0.348 e. The van der Waals surface area contributed by atoms with Crippen LogP contribution in [0.2, 0.25) is 0 Å². The van der Waals surface area contributed by atoms with E-state index in [4.69, 9.17) is 0 Å². The molecule has 2 atom stereocenters. The van der Waals surface area contributed by atoms with E-state index in [0.29, 0.717) is 0 Å². The number of amides is 1. The Hall–Kier alpha value is -2.59. The van der Waals surface area contributed by atoms with Gasteiger partial charge in [-0.05, 0) is 42.3 Å². The molecule has 126 valence electrons. The van der Waals surface area contributed by atoms with Gasteiger partial charge in [-0.3, -0.25) is 9.78 Å². The van der Waals surface area contributed by atoms with Crippen LogP contribution in [0, 0.1) is 0 Å². The van der Waals surface area contributed by atoms with Crippen molar-refractivity contribution in [2.24, 2.45) is 0 Å². The van der Waals surface area contributed by atoms with Gasteiger partial charge in [-0.15, -0.1) is 11.8 Å². The molecule has 3 aromatic rings. The number of hydrogen-bond acceptors (Lipinski definition) is 3. The second-order valence-electron chi connectivity index (χ2n) is 5.73. The second kappa shape index (κ2) is 8.49. The minimum absolute atomic E-state index is 0.00404. The maximum Gasteiger partial charge on any atom is 0.238 e. The number of nitrogens with one attached hydrogen (secondary N) is 1. The molecule has 3 nitrogen and oxygen atoms in total. The summed E-state index contributed by atoms with van der Waals surface area (Å²) in [5.41, 5.74) is 2.04. The Balaban J connectivity index is 1.80. The SMILES string of the molecule is C[C@H](NC(=O)[C@@H](Sc1ccccc1)c1ccccc1)c1ccncc1. The van der Waals surface area contributed by atoms with Gasteiger partial charge in [0.05, 0.1) is 6.04 Å². The maximum absolute atomic E-state index is 13.0. The van der Waals surface area contributed by atoms with Crippen LogP contribution in [-0.4, -0.2) is 10.9 Å². The highest BCUT2D eigenvalue weighted by molar-refractivity contribution is 8.00. The van der Waals surface area contributed by atoms with Gasteiger partial charge in [-0.25, -0.2) is 0 Å². The van der Waals surface area contributed by atoms with Crippen molar-refractivity contribution in [3.8, 4) is 0 Å². The zero-order valence-electron chi connectivity index (χ0n) is 14.0. The van der Waals surface area contributed by atoms with Gasteiger partial charge in [0.25, 0.3) is 0 Å². The fraction of sp³-hybridized carbons (Fsp3) is 0.143. The summed E-state index contributed by atoms with van der Waals surface area (Å²) in [5.74, 6) is 0.00404. The highest BCUT2D eigenvalue weighted by Crippen LogP contribution is 2.35.